The summed E-state index contributed by atoms with van der Waals surface area (Å²) < 4.78 is 0. The van der Waals surface area contributed by atoms with E-state index >= 15 is 0 Å². The number of carbonyl (C=O) groups is 2. The molecular weight excluding hydrogens is 302 g/mol. The molecule has 0 saturated carbocycles. The first kappa shape index (κ1) is 18.5. The Morgan fingerprint density at radius 3 is 2.41 bits per heavy atom. The summed E-state index contributed by atoms with van der Waals surface area (Å²) in [6.45, 7) is 3.21. The van der Waals surface area contributed by atoms with Crippen molar-refractivity contribution in [2.75, 3.05) is 13.1 Å². The van der Waals surface area contributed by atoms with E-state index in [-0.39, 0.29) is 36.3 Å². The fourth-order valence-corrected chi connectivity index (χ4v) is 2.54. The molecule has 1 unspecified atom stereocenters. The monoisotopic (exact) mass is 325 g/mol. The lowest BCUT2D eigenvalue weighted by molar-refractivity contribution is -0.132. The Labute approximate surface area is 137 Å². The second kappa shape index (κ2) is 8.76. The van der Waals surface area contributed by atoms with Crippen LogP contribution in [-0.4, -0.2) is 41.9 Å². The van der Waals surface area contributed by atoms with E-state index in [2.05, 4.69) is 5.32 Å². The number of nitrogens with two attached hydrogens (primary N) is 1. The third kappa shape index (κ3) is 5.31. The molecule has 122 valence electrons. The van der Waals surface area contributed by atoms with Crippen LogP contribution in [-0.2, 0) is 4.79 Å². The first-order valence-electron chi connectivity index (χ1n) is 7.45. The van der Waals surface area contributed by atoms with E-state index in [1.54, 1.807) is 12.1 Å². The molecule has 6 heteroatoms. The lowest BCUT2D eigenvalue weighted by atomic mass is 10.0. The third-order valence-electron chi connectivity index (χ3n) is 3.72. The van der Waals surface area contributed by atoms with Crippen molar-refractivity contribution in [1.82, 2.24) is 10.2 Å². The zero-order valence-corrected chi connectivity index (χ0v) is 13.6. The highest BCUT2D eigenvalue weighted by Crippen LogP contribution is 2.13. The number of halogens is 1. The maximum Gasteiger partial charge on any atom is 0.251 e. The summed E-state index contributed by atoms with van der Waals surface area (Å²) in [5.74, 6) is 0.0637. The highest BCUT2D eigenvalue weighted by Gasteiger charge is 2.24. The first-order chi connectivity index (χ1) is 10.1. The van der Waals surface area contributed by atoms with Gasteiger partial charge in [0.1, 0.15) is 0 Å². The predicted octanol–water partition coefficient (Wildman–Crippen LogP) is 1.57. The zero-order chi connectivity index (χ0) is 15.2. The van der Waals surface area contributed by atoms with Crippen molar-refractivity contribution in [2.24, 2.45) is 5.73 Å². The van der Waals surface area contributed by atoms with Crippen LogP contribution in [0.5, 0.6) is 0 Å². The molecule has 1 aromatic rings. The van der Waals surface area contributed by atoms with Crippen LogP contribution in [0.2, 0.25) is 0 Å². The molecule has 0 spiro atoms. The maximum atomic E-state index is 12.1. The van der Waals surface area contributed by atoms with Crippen molar-refractivity contribution in [1.29, 1.82) is 0 Å². The smallest absolute Gasteiger partial charge is 0.251 e. The topological polar surface area (TPSA) is 75.4 Å². The van der Waals surface area contributed by atoms with Crippen molar-refractivity contribution in [3.05, 3.63) is 35.9 Å². The number of hydrogen-bond donors (Lipinski definition) is 2. The number of nitrogens with zero attached hydrogens (tertiary/aromatic N) is 1. The van der Waals surface area contributed by atoms with E-state index in [0.29, 0.717) is 25.1 Å². The minimum absolute atomic E-state index is 0. The highest BCUT2D eigenvalue weighted by molar-refractivity contribution is 5.94. The number of rotatable bonds is 4. The minimum atomic E-state index is -0.104. The molecule has 0 aromatic heterocycles. The summed E-state index contributed by atoms with van der Waals surface area (Å²) in [7, 11) is 0. The number of hydrogen-bond acceptors (Lipinski definition) is 3. The molecular formula is C16H24ClN3O2. The van der Waals surface area contributed by atoms with Crippen molar-refractivity contribution in [3.8, 4) is 0 Å². The largest absolute Gasteiger partial charge is 0.349 e. The summed E-state index contributed by atoms with van der Waals surface area (Å²) in [4.78, 5) is 25.8. The molecule has 1 heterocycles. The van der Waals surface area contributed by atoms with Gasteiger partial charge in [-0.1, -0.05) is 18.2 Å². The summed E-state index contributed by atoms with van der Waals surface area (Å²) in [6, 6.07) is 9.23. The minimum Gasteiger partial charge on any atom is -0.349 e. The molecule has 1 aromatic carbocycles. The number of benzene rings is 1. The van der Waals surface area contributed by atoms with Gasteiger partial charge in [0.2, 0.25) is 5.91 Å². The lowest BCUT2D eigenvalue weighted by Crippen LogP contribution is -2.47. The van der Waals surface area contributed by atoms with E-state index in [1.807, 2.05) is 30.0 Å². The molecule has 1 atom stereocenters. The van der Waals surface area contributed by atoms with Gasteiger partial charge >= 0.3 is 0 Å². The van der Waals surface area contributed by atoms with Gasteiger partial charge in [-0.3, -0.25) is 9.59 Å². The molecule has 1 aliphatic rings. The fourth-order valence-electron chi connectivity index (χ4n) is 2.54. The Morgan fingerprint density at radius 2 is 1.86 bits per heavy atom. The average molecular weight is 326 g/mol. The Bertz CT molecular complexity index is 485. The van der Waals surface area contributed by atoms with Crippen LogP contribution in [0.1, 0.15) is 36.5 Å². The SMILES string of the molecule is CC(N)CC(=O)N1CCC(NC(=O)c2ccccc2)CC1.Cl. The number of nitrogens with one attached hydrogen (secondary N) is 1. The van der Waals surface area contributed by atoms with Gasteiger partial charge in [-0.15, -0.1) is 12.4 Å². The van der Waals surface area contributed by atoms with E-state index < -0.39 is 0 Å². The molecule has 5 nitrogen and oxygen atoms in total. The van der Waals surface area contributed by atoms with Crippen LogP contribution in [0.4, 0.5) is 0 Å². The van der Waals surface area contributed by atoms with Gasteiger partial charge in [0.25, 0.3) is 5.91 Å². The van der Waals surface area contributed by atoms with Crippen LogP contribution < -0.4 is 11.1 Å². The molecule has 0 radical (unpaired) electrons. The van der Waals surface area contributed by atoms with Crippen LogP contribution in [0.15, 0.2) is 30.3 Å². The fraction of sp³-hybridized carbons (Fsp3) is 0.500. The number of amides is 2. The molecule has 0 bridgehead atoms. The van der Waals surface area contributed by atoms with Crippen molar-refractivity contribution in [3.63, 3.8) is 0 Å². The van der Waals surface area contributed by atoms with Crippen LogP contribution in [0.25, 0.3) is 0 Å². The van der Waals surface area contributed by atoms with E-state index in [1.165, 1.54) is 0 Å². The second-order valence-electron chi connectivity index (χ2n) is 5.68. The molecule has 1 fully saturated rings. The molecule has 3 N–H and O–H groups in total. The van der Waals surface area contributed by atoms with Crippen LogP contribution >= 0.6 is 12.4 Å². The summed E-state index contributed by atoms with van der Waals surface area (Å²) in [5.41, 5.74) is 6.33. The maximum absolute atomic E-state index is 12.1. The van der Waals surface area contributed by atoms with Crippen molar-refractivity contribution in [2.45, 2.75) is 38.3 Å². The number of carbonyl (C=O) groups excluding carboxylic acids is 2. The zero-order valence-electron chi connectivity index (χ0n) is 12.8. The summed E-state index contributed by atoms with van der Waals surface area (Å²) in [6.07, 6.45) is 1.98. The van der Waals surface area contributed by atoms with Gasteiger partial charge in [-0.2, -0.15) is 0 Å². The first-order valence-corrected chi connectivity index (χ1v) is 7.45. The van der Waals surface area contributed by atoms with Gasteiger partial charge in [-0.05, 0) is 31.9 Å². The summed E-state index contributed by atoms with van der Waals surface area (Å²) in [5, 5.41) is 3.03. The van der Waals surface area contributed by atoms with Crippen LogP contribution in [0, 0.1) is 0 Å². The molecule has 2 amide bonds. The quantitative estimate of drug-likeness (QED) is 0.882. The Morgan fingerprint density at radius 1 is 1.27 bits per heavy atom. The van der Waals surface area contributed by atoms with E-state index in [0.717, 1.165) is 12.8 Å². The normalized spacial score (nSPS) is 16.5. The number of likely N-dealkylation sites (tertiary alicyclic amines) is 1. The van der Waals surface area contributed by atoms with Gasteiger partial charge in [0.15, 0.2) is 0 Å². The van der Waals surface area contributed by atoms with Gasteiger partial charge in [0, 0.05) is 37.2 Å². The standard InChI is InChI=1S/C16H23N3O2.ClH/c1-12(17)11-15(20)19-9-7-14(8-10-19)18-16(21)13-5-3-2-4-6-13;/h2-6,12,14H,7-11,17H2,1H3,(H,18,21);1H. The Balaban J connectivity index is 0.00000242. The van der Waals surface area contributed by atoms with Crippen molar-refractivity contribution < 1.29 is 9.59 Å². The van der Waals surface area contributed by atoms with E-state index in [9.17, 15) is 9.59 Å². The molecule has 1 saturated heterocycles. The van der Waals surface area contributed by atoms with Gasteiger partial charge < -0.3 is 16.0 Å². The Hall–Kier alpha value is -1.59. The summed E-state index contributed by atoms with van der Waals surface area (Å²) >= 11 is 0. The molecule has 22 heavy (non-hydrogen) atoms. The lowest BCUT2D eigenvalue weighted by Gasteiger charge is -2.32. The molecule has 0 aliphatic carbocycles. The third-order valence-corrected chi connectivity index (χ3v) is 3.72. The van der Waals surface area contributed by atoms with Crippen LogP contribution in [0.3, 0.4) is 0 Å². The molecule has 1 aliphatic heterocycles. The average Bonchev–Trinajstić information content (AvgIpc) is 2.48. The predicted molar refractivity (Wildman–Crippen MR) is 89.0 cm³/mol. The van der Waals surface area contributed by atoms with Gasteiger partial charge in [-0.25, -0.2) is 0 Å². The van der Waals surface area contributed by atoms with Crippen molar-refractivity contribution >= 4 is 24.2 Å². The number of piperidine rings is 1. The Kier molecular flexibility index (Phi) is 7.35. The molecule has 2 rings (SSSR count). The van der Waals surface area contributed by atoms with Gasteiger partial charge in [0.05, 0.1) is 0 Å². The van der Waals surface area contributed by atoms with E-state index in [4.69, 9.17) is 5.73 Å². The second-order valence-corrected chi connectivity index (χ2v) is 5.68. The highest BCUT2D eigenvalue weighted by atomic mass is 35.5.